The van der Waals surface area contributed by atoms with Gasteiger partial charge in [-0.05, 0) is 42.0 Å². The molecule has 6 nitrogen and oxygen atoms in total. The van der Waals surface area contributed by atoms with Crippen molar-refractivity contribution >= 4 is 17.5 Å². The summed E-state index contributed by atoms with van der Waals surface area (Å²) < 4.78 is 11.2. The molecule has 0 aromatic heterocycles. The van der Waals surface area contributed by atoms with Crippen LogP contribution in [0.25, 0.3) is 0 Å². The molecular weight excluding hydrogens is 392 g/mol. The molecule has 0 radical (unpaired) electrons. The summed E-state index contributed by atoms with van der Waals surface area (Å²) in [5.41, 5.74) is 2.00. The van der Waals surface area contributed by atoms with E-state index in [0.717, 1.165) is 5.56 Å². The van der Waals surface area contributed by atoms with Crippen molar-refractivity contribution in [1.29, 1.82) is 0 Å². The average molecular weight is 416 g/mol. The third-order valence-electron chi connectivity index (χ3n) is 5.03. The molecule has 1 fully saturated rings. The third-order valence-corrected chi connectivity index (χ3v) is 5.03. The van der Waals surface area contributed by atoms with E-state index in [-0.39, 0.29) is 11.8 Å². The second-order valence-electron chi connectivity index (χ2n) is 7.23. The molecule has 3 aromatic rings. The van der Waals surface area contributed by atoms with Crippen molar-refractivity contribution in [1.82, 2.24) is 4.90 Å². The van der Waals surface area contributed by atoms with E-state index in [9.17, 15) is 9.59 Å². The van der Waals surface area contributed by atoms with Crippen molar-refractivity contribution in [2.45, 2.75) is 6.42 Å². The lowest BCUT2D eigenvalue weighted by Crippen LogP contribution is -2.41. The van der Waals surface area contributed by atoms with E-state index in [2.05, 4.69) is 5.32 Å². The molecule has 0 aliphatic carbocycles. The fourth-order valence-electron chi connectivity index (χ4n) is 3.36. The molecule has 1 heterocycles. The standard InChI is InChI=1S/C25H24N2O4/c28-24(27-14-16-30-17-15-27)18-19-10-12-20(13-11-19)26-25(29)22-8-4-5-9-23(22)31-21-6-2-1-3-7-21/h1-13H,14-18H2,(H,26,29). The van der Waals surface area contributed by atoms with Crippen molar-refractivity contribution in [3.8, 4) is 11.5 Å². The highest BCUT2D eigenvalue weighted by Gasteiger charge is 2.17. The summed E-state index contributed by atoms with van der Waals surface area (Å²) in [6, 6.07) is 23.8. The van der Waals surface area contributed by atoms with Crippen molar-refractivity contribution in [3.63, 3.8) is 0 Å². The molecule has 3 aromatic carbocycles. The number of nitrogens with one attached hydrogen (secondary N) is 1. The highest BCUT2D eigenvalue weighted by Crippen LogP contribution is 2.26. The number of amides is 2. The second-order valence-corrected chi connectivity index (χ2v) is 7.23. The van der Waals surface area contributed by atoms with Gasteiger partial charge in [0, 0.05) is 18.8 Å². The first-order chi connectivity index (χ1) is 15.2. The fraction of sp³-hybridized carbons (Fsp3) is 0.200. The molecule has 158 valence electrons. The number of carbonyl (C=O) groups excluding carboxylic acids is 2. The molecule has 0 bridgehead atoms. The summed E-state index contributed by atoms with van der Waals surface area (Å²) in [4.78, 5) is 27.0. The van der Waals surface area contributed by atoms with Crippen molar-refractivity contribution in [3.05, 3.63) is 90.0 Å². The van der Waals surface area contributed by atoms with Gasteiger partial charge in [-0.1, -0.05) is 42.5 Å². The molecule has 1 aliphatic heterocycles. The van der Waals surface area contributed by atoms with Crippen molar-refractivity contribution < 1.29 is 19.1 Å². The van der Waals surface area contributed by atoms with Gasteiger partial charge in [-0.3, -0.25) is 9.59 Å². The maximum Gasteiger partial charge on any atom is 0.259 e. The molecule has 4 rings (SSSR count). The number of hydrogen-bond acceptors (Lipinski definition) is 4. The topological polar surface area (TPSA) is 67.9 Å². The Balaban J connectivity index is 1.39. The Kier molecular flexibility index (Phi) is 6.59. The van der Waals surface area contributed by atoms with Crippen LogP contribution in [0.5, 0.6) is 11.5 Å². The van der Waals surface area contributed by atoms with Crippen molar-refractivity contribution in [2.75, 3.05) is 31.6 Å². The Labute approximate surface area is 181 Å². The number of rotatable bonds is 6. The Bertz CT molecular complexity index is 1030. The molecule has 6 heteroatoms. The highest BCUT2D eigenvalue weighted by molar-refractivity contribution is 6.06. The Morgan fingerprint density at radius 1 is 0.871 bits per heavy atom. The predicted molar refractivity (Wildman–Crippen MR) is 118 cm³/mol. The third kappa shape index (κ3) is 5.49. The summed E-state index contributed by atoms with van der Waals surface area (Å²) in [6.07, 6.45) is 0.335. The molecule has 0 spiro atoms. The minimum atomic E-state index is -0.260. The number of para-hydroxylation sites is 2. The number of anilines is 1. The zero-order valence-electron chi connectivity index (χ0n) is 17.1. The smallest absolute Gasteiger partial charge is 0.259 e. The number of carbonyl (C=O) groups is 2. The Hall–Kier alpha value is -3.64. The summed E-state index contributed by atoms with van der Waals surface area (Å²) in [5.74, 6) is 0.978. The van der Waals surface area contributed by atoms with Gasteiger partial charge in [0.25, 0.3) is 5.91 Å². The second kappa shape index (κ2) is 9.91. The van der Waals surface area contributed by atoms with Crippen LogP contribution in [-0.2, 0) is 16.0 Å². The lowest BCUT2D eigenvalue weighted by atomic mass is 10.1. The van der Waals surface area contributed by atoms with Crippen LogP contribution in [0.1, 0.15) is 15.9 Å². The quantitative estimate of drug-likeness (QED) is 0.656. The Morgan fingerprint density at radius 2 is 1.55 bits per heavy atom. The number of hydrogen-bond donors (Lipinski definition) is 1. The zero-order chi connectivity index (χ0) is 21.5. The van der Waals surface area contributed by atoms with Gasteiger partial charge >= 0.3 is 0 Å². The van der Waals surface area contributed by atoms with Crippen molar-refractivity contribution in [2.24, 2.45) is 0 Å². The van der Waals surface area contributed by atoms with Gasteiger partial charge < -0.3 is 19.7 Å². The van der Waals surface area contributed by atoms with E-state index >= 15 is 0 Å². The zero-order valence-corrected chi connectivity index (χ0v) is 17.1. The van der Waals surface area contributed by atoms with Crippen LogP contribution < -0.4 is 10.1 Å². The number of morpholine rings is 1. The number of benzene rings is 3. The van der Waals surface area contributed by atoms with E-state index in [1.54, 1.807) is 30.3 Å². The molecular formula is C25H24N2O4. The molecule has 1 N–H and O–H groups in total. The van der Waals surface area contributed by atoms with Gasteiger partial charge in [0.2, 0.25) is 5.91 Å². The lowest BCUT2D eigenvalue weighted by molar-refractivity contribution is -0.134. The number of ether oxygens (including phenoxy) is 2. The largest absolute Gasteiger partial charge is 0.457 e. The molecule has 0 unspecified atom stereocenters. The van der Waals surface area contributed by atoms with E-state index in [1.807, 2.05) is 53.4 Å². The van der Waals surface area contributed by atoms with Crippen LogP contribution in [0.2, 0.25) is 0 Å². The fourth-order valence-corrected chi connectivity index (χ4v) is 3.36. The lowest BCUT2D eigenvalue weighted by Gasteiger charge is -2.26. The molecule has 0 saturated carbocycles. The van der Waals surface area contributed by atoms with Crippen LogP contribution in [0.3, 0.4) is 0 Å². The maximum atomic E-state index is 12.8. The maximum absolute atomic E-state index is 12.8. The van der Waals surface area contributed by atoms with Crippen LogP contribution in [0, 0.1) is 0 Å². The minimum Gasteiger partial charge on any atom is -0.457 e. The first-order valence-electron chi connectivity index (χ1n) is 10.3. The van der Waals surface area contributed by atoms with Crippen LogP contribution >= 0.6 is 0 Å². The predicted octanol–water partition coefficient (Wildman–Crippen LogP) is 4.13. The van der Waals surface area contributed by atoms with E-state index in [1.165, 1.54) is 0 Å². The van der Waals surface area contributed by atoms with Gasteiger partial charge in [-0.25, -0.2) is 0 Å². The van der Waals surface area contributed by atoms with Gasteiger partial charge in [-0.2, -0.15) is 0 Å². The Morgan fingerprint density at radius 3 is 2.29 bits per heavy atom. The van der Waals surface area contributed by atoms with Crippen LogP contribution in [-0.4, -0.2) is 43.0 Å². The molecule has 31 heavy (non-hydrogen) atoms. The summed E-state index contributed by atoms with van der Waals surface area (Å²) in [5, 5.41) is 2.90. The van der Waals surface area contributed by atoms with E-state index in [4.69, 9.17) is 9.47 Å². The first kappa shape index (κ1) is 20.6. The van der Waals surface area contributed by atoms with Crippen LogP contribution in [0.15, 0.2) is 78.9 Å². The van der Waals surface area contributed by atoms with Gasteiger partial charge in [0.1, 0.15) is 11.5 Å². The summed E-state index contributed by atoms with van der Waals surface area (Å²) in [6.45, 7) is 2.45. The van der Waals surface area contributed by atoms with Gasteiger partial charge in [-0.15, -0.1) is 0 Å². The average Bonchev–Trinajstić information content (AvgIpc) is 2.82. The first-order valence-corrected chi connectivity index (χ1v) is 10.3. The number of nitrogens with zero attached hydrogens (tertiary/aromatic N) is 1. The SMILES string of the molecule is O=C(Nc1ccc(CC(=O)N2CCOCC2)cc1)c1ccccc1Oc1ccccc1. The van der Waals surface area contributed by atoms with Gasteiger partial charge in [0.15, 0.2) is 0 Å². The monoisotopic (exact) mass is 416 g/mol. The minimum absolute atomic E-state index is 0.0899. The summed E-state index contributed by atoms with van der Waals surface area (Å²) in [7, 11) is 0. The van der Waals surface area contributed by atoms with E-state index < -0.39 is 0 Å². The summed E-state index contributed by atoms with van der Waals surface area (Å²) >= 11 is 0. The molecule has 2 amide bonds. The van der Waals surface area contributed by atoms with Gasteiger partial charge in [0.05, 0.1) is 25.2 Å². The molecule has 1 saturated heterocycles. The highest BCUT2D eigenvalue weighted by atomic mass is 16.5. The normalized spacial score (nSPS) is 13.5. The molecule has 1 aliphatic rings. The molecule has 0 atom stereocenters. The van der Waals surface area contributed by atoms with E-state index in [0.29, 0.717) is 55.5 Å². The van der Waals surface area contributed by atoms with Crippen LogP contribution in [0.4, 0.5) is 5.69 Å².